The second kappa shape index (κ2) is 5.31. The molecule has 0 fully saturated rings. The van der Waals surface area contributed by atoms with Crippen LogP contribution in [0.2, 0.25) is 0 Å². The zero-order valence-electron chi connectivity index (χ0n) is 12.8. The van der Waals surface area contributed by atoms with E-state index in [-0.39, 0.29) is 0 Å². The van der Waals surface area contributed by atoms with Gasteiger partial charge in [-0.15, -0.1) is 4.68 Å². The molecule has 0 unspecified atom stereocenters. The van der Waals surface area contributed by atoms with Gasteiger partial charge in [0.15, 0.2) is 0 Å². The molecule has 0 saturated carbocycles. The molecule has 0 aliphatic carbocycles. The van der Waals surface area contributed by atoms with E-state index < -0.39 is 11.2 Å². The number of aryl methyl sites for hydroxylation is 1. The van der Waals surface area contributed by atoms with Gasteiger partial charge in [0.25, 0.3) is 0 Å². The third kappa shape index (κ3) is 2.23. The normalized spacial score (nSPS) is 11.7. The molecule has 2 N–H and O–H groups in total. The Hall–Kier alpha value is -3.48. The van der Waals surface area contributed by atoms with Crippen molar-refractivity contribution in [1.82, 2.24) is 19.6 Å². The van der Waals surface area contributed by atoms with E-state index in [0.29, 0.717) is 16.6 Å². The first-order valence-electron chi connectivity index (χ1n) is 7.35. The predicted octanol–water partition coefficient (Wildman–Crippen LogP) is 1.76. The van der Waals surface area contributed by atoms with E-state index in [0.717, 1.165) is 21.1 Å². The summed E-state index contributed by atoms with van der Waals surface area (Å²) >= 11 is 0. The van der Waals surface area contributed by atoms with Gasteiger partial charge in [0.2, 0.25) is 0 Å². The molecule has 0 radical (unpaired) electrons. The number of rotatable bonds is 2. The first kappa shape index (κ1) is 14.1. The van der Waals surface area contributed by atoms with Gasteiger partial charge in [-0.1, -0.05) is 17.7 Å². The van der Waals surface area contributed by atoms with Gasteiger partial charge < -0.3 is 9.97 Å². The number of hydrogen-bond donors (Lipinski definition) is 2. The quantitative estimate of drug-likeness (QED) is 0.551. The zero-order chi connectivity index (χ0) is 16.7. The van der Waals surface area contributed by atoms with Crippen molar-refractivity contribution in [2.75, 3.05) is 0 Å². The molecule has 118 valence electrons. The van der Waals surface area contributed by atoms with E-state index in [1.54, 1.807) is 24.5 Å². The second-order valence-electron chi connectivity index (χ2n) is 5.50. The SMILES string of the molecule is Cc1ccc2[nH]c3c(=O)n(/N=C\c4cccnc4)c(=O)[nH]c3c2c1. The fraction of sp³-hybridized carbons (Fsp3) is 0.0588. The lowest BCUT2D eigenvalue weighted by atomic mass is 10.2. The van der Waals surface area contributed by atoms with E-state index in [4.69, 9.17) is 0 Å². The van der Waals surface area contributed by atoms with E-state index in [1.807, 2.05) is 25.1 Å². The van der Waals surface area contributed by atoms with Crippen molar-refractivity contribution in [2.24, 2.45) is 5.10 Å². The molecule has 7 heteroatoms. The van der Waals surface area contributed by atoms with Crippen LogP contribution in [0.4, 0.5) is 0 Å². The minimum Gasteiger partial charge on any atom is -0.349 e. The molecule has 0 aliphatic heterocycles. The smallest absolute Gasteiger partial charge is 0.349 e. The van der Waals surface area contributed by atoms with E-state index in [1.165, 1.54) is 6.21 Å². The van der Waals surface area contributed by atoms with Gasteiger partial charge in [0.05, 0.1) is 11.7 Å². The van der Waals surface area contributed by atoms with E-state index in [2.05, 4.69) is 20.1 Å². The Morgan fingerprint density at radius 1 is 1.17 bits per heavy atom. The Morgan fingerprint density at radius 2 is 2.04 bits per heavy atom. The summed E-state index contributed by atoms with van der Waals surface area (Å²) in [4.78, 5) is 34.6. The van der Waals surface area contributed by atoms with Crippen LogP contribution in [0.5, 0.6) is 0 Å². The molecule has 3 heterocycles. The number of aromatic nitrogens is 4. The summed E-state index contributed by atoms with van der Waals surface area (Å²) in [5, 5.41) is 4.80. The van der Waals surface area contributed by atoms with Crippen LogP contribution < -0.4 is 11.2 Å². The molecule has 0 aliphatic rings. The number of fused-ring (bicyclic) bond motifs is 3. The largest absolute Gasteiger partial charge is 0.350 e. The highest BCUT2D eigenvalue weighted by Crippen LogP contribution is 2.21. The molecule has 4 rings (SSSR count). The summed E-state index contributed by atoms with van der Waals surface area (Å²) in [6.07, 6.45) is 4.64. The van der Waals surface area contributed by atoms with Crippen molar-refractivity contribution in [2.45, 2.75) is 6.92 Å². The van der Waals surface area contributed by atoms with Crippen molar-refractivity contribution in [3.05, 3.63) is 74.7 Å². The third-order valence-corrected chi connectivity index (χ3v) is 3.79. The van der Waals surface area contributed by atoms with Crippen LogP contribution in [0.25, 0.3) is 21.9 Å². The molecule has 0 amide bonds. The highest BCUT2D eigenvalue weighted by atomic mass is 16.2. The van der Waals surface area contributed by atoms with Crippen molar-refractivity contribution >= 4 is 28.2 Å². The standard InChI is InChI=1S/C17H13N5O2/c1-10-4-5-13-12(7-10)14-15(20-13)16(23)22(17(24)21-14)19-9-11-3-2-6-18-8-11/h2-9,20H,1H3,(H,21,24)/b19-9-. The maximum atomic E-state index is 12.6. The van der Waals surface area contributed by atoms with Gasteiger partial charge in [-0.25, -0.2) is 4.79 Å². The van der Waals surface area contributed by atoms with Crippen LogP contribution in [-0.4, -0.2) is 25.8 Å². The van der Waals surface area contributed by atoms with Gasteiger partial charge >= 0.3 is 11.2 Å². The number of hydrogen-bond acceptors (Lipinski definition) is 4. The molecular weight excluding hydrogens is 306 g/mol. The lowest BCUT2D eigenvalue weighted by Crippen LogP contribution is -2.32. The Labute approximate surface area is 135 Å². The molecule has 3 aromatic heterocycles. The third-order valence-electron chi connectivity index (χ3n) is 3.79. The Morgan fingerprint density at radius 3 is 2.83 bits per heavy atom. The fourth-order valence-electron chi connectivity index (χ4n) is 2.64. The molecule has 0 saturated heterocycles. The summed E-state index contributed by atoms with van der Waals surface area (Å²) in [5.41, 5.74) is 2.25. The lowest BCUT2D eigenvalue weighted by molar-refractivity contribution is 0.770. The number of pyridine rings is 1. The van der Waals surface area contributed by atoms with Gasteiger partial charge in [-0.3, -0.25) is 9.78 Å². The van der Waals surface area contributed by atoms with E-state index in [9.17, 15) is 9.59 Å². The van der Waals surface area contributed by atoms with Crippen molar-refractivity contribution < 1.29 is 0 Å². The minimum absolute atomic E-state index is 0.318. The molecule has 7 nitrogen and oxygen atoms in total. The van der Waals surface area contributed by atoms with Gasteiger partial charge in [-0.2, -0.15) is 5.10 Å². The molecule has 4 aromatic rings. The monoisotopic (exact) mass is 319 g/mol. The Bertz CT molecular complexity index is 1200. The minimum atomic E-state index is -0.588. The number of H-pyrrole nitrogens is 2. The predicted molar refractivity (Wildman–Crippen MR) is 92.7 cm³/mol. The number of nitrogens with one attached hydrogen (secondary N) is 2. The van der Waals surface area contributed by atoms with Gasteiger partial charge in [0.1, 0.15) is 5.52 Å². The summed E-state index contributed by atoms with van der Waals surface area (Å²) < 4.78 is 0.803. The van der Waals surface area contributed by atoms with Crippen LogP contribution in [0, 0.1) is 6.92 Å². The molecule has 24 heavy (non-hydrogen) atoms. The lowest BCUT2D eigenvalue weighted by Gasteiger charge is -1.98. The second-order valence-corrected chi connectivity index (χ2v) is 5.50. The first-order valence-corrected chi connectivity index (χ1v) is 7.35. The summed E-state index contributed by atoms with van der Waals surface area (Å²) in [7, 11) is 0. The van der Waals surface area contributed by atoms with E-state index >= 15 is 0 Å². The van der Waals surface area contributed by atoms with Crippen LogP contribution >= 0.6 is 0 Å². The molecule has 0 atom stereocenters. The topological polar surface area (TPSA) is 95.9 Å². The highest BCUT2D eigenvalue weighted by Gasteiger charge is 2.12. The van der Waals surface area contributed by atoms with Crippen molar-refractivity contribution in [1.29, 1.82) is 0 Å². The van der Waals surface area contributed by atoms with Crippen molar-refractivity contribution in [3.8, 4) is 0 Å². The van der Waals surface area contributed by atoms with Crippen LogP contribution in [-0.2, 0) is 0 Å². The number of aromatic amines is 2. The molecular formula is C17H13N5O2. The molecule has 0 bridgehead atoms. The van der Waals surface area contributed by atoms with Crippen LogP contribution in [0.1, 0.15) is 11.1 Å². The summed E-state index contributed by atoms with van der Waals surface area (Å²) in [6.45, 7) is 1.95. The van der Waals surface area contributed by atoms with Crippen LogP contribution in [0.3, 0.4) is 0 Å². The van der Waals surface area contributed by atoms with Crippen molar-refractivity contribution in [3.63, 3.8) is 0 Å². The zero-order valence-corrected chi connectivity index (χ0v) is 12.8. The number of benzene rings is 1. The molecule has 1 aromatic carbocycles. The highest BCUT2D eigenvalue weighted by molar-refractivity contribution is 6.04. The average Bonchev–Trinajstić information content (AvgIpc) is 2.94. The summed E-state index contributed by atoms with van der Waals surface area (Å²) in [5.74, 6) is 0. The summed E-state index contributed by atoms with van der Waals surface area (Å²) in [6, 6.07) is 9.27. The van der Waals surface area contributed by atoms with Crippen LogP contribution in [0.15, 0.2) is 57.4 Å². The Balaban J connectivity index is 1.95. The van der Waals surface area contributed by atoms with Gasteiger partial charge in [0, 0.05) is 28.9 Å². The number of nitrogens with zero attached hydrogens (tertiary/aromatic N) is 3. The maximum Gasteiger partial charge on any atom is 0.350 e. The Kier molecular flexibility index (Phi) is 3.13. The maximum absolute atomic E-state index is 12.6. The van der Waals surface area contributed by atoms with Gasteiger partial charge in [-0.05, 0) is 25.1 Å². The fourth-order valence-corrected chi connectivity index (χ4v) is 2.64. The first-order chi connectivity index (χ1) is 11.6. The molecule has 0 spiro atoms. The average molecular weight is 319 g/mol.